The van der Waals surface area contributed by atoms with Gasteiger partial charge in [-0.3, -0.25) is 4.79 Å². The number of hydrogen-bond acceptors (Lipinski definition) is 3. The van der Waals surface area contributed by atoms with Crippen molar-refractivity contribution in [2.75, 3.05) is 14.2 Å². The second kappa shape index (κ2) is 5.67. The van der Waals surface area contributed by atoms with Crippen molar-refractivity contribution < 1.29 is 18.7 Å². The molecule has 4 heteroatoms. The molecule has 1 aromatic carbocycles. The summed E-state index contributed by atoms with van der Waals surface area (Å²) >= 11 is 0. The fourth-order valence-electron chi connectivity index (χ4n) is 1.38. The SMILES string of the molecule is COC(=O)C(C)(C)/C(F)=C/c1ccc(OC)cc1. The number of carbonyl (C=O) groups is 1. The number of ether oxygens (including phenoxy) is 2. The molecule has 0 aliphatic rings. The lowest BCUT2D eigenvalue weighted by Crippen LogP contribution is -2.26. The van der Waals surface area contributed by atoms with Crippen LogP contribution in [0.1, 0.15) is 19.4 Å². The fourth-order valence-corrected chi connectivity index (χ4v) is 1.38. The highest BCUT2D eigenvalue weighted by Crippen LogP contribution is 2.30. The van der Waals surface area contributed by atoms with Gasteiger partial charge in [0.1, 0.15) is 17.0 Å². The zero-order valence-electron chi connectivity index (χ0n) is 11.0. The van der Waals surface area contributed by atoms with Gasteiger partial charge in [-0.05, 0) is 37.6 Å². The van der Waals surface area contributed by atoms with Crippen molar-refractivity contribution in [3.63, 3.8) is 0 Å². The summed E-state index contributed by atoms with van der Waals surface area (Å²) < 4.78 is 23.6. The maximum absolute atomic E-state index is 14.0. The van der Waals surface area contributed by atoms with Crippen molar-refractivity contribution in [2.24, 2.45) is 5.41 Å². The minimum Gasteiger partial charge on any atom is -0.497 e. The van der Waals surface area contributed by atoms with E-state index in [1.165, 1.54) is 27.0 Å². The average Bonchev–Trinajstić information content (AvgIpc) is 2.38. The van der Waals surface area contributed by atoms with Crippen molar-refractivity contribution in [3.8, 4) is 5.75 Å². The van der Waals surface area contributed by atoms with E-state index in [1.807, 2.05) is 0 Å². The molecule has 18 heavy (non-hydrogen) atoms. The van der Waals surface area contributed by atoms with Crippen molar-refractivity contribution >= 4 is 12.0 Å². The van der Waals surface area contributed by atoms with E-state index < -0.39 is 17.2 Å². The van der Waals surface area contributed by atoms with Crippen molar-refractivity contribution in [1.29, 1.82) is 0 Å². The van der Waals surface area contributed by atoms with Crippen LogP contribution < -0.4 is 4.74 Å². The van der Waals surface area contributed by atoms with Crippen molar-refractivity contribution in [2.45, 2.75) is 13.8 Å². The molecule has 98 valence electrons. The molecular formula is C14H17FO3. The third kappa shape index (κ3) is 3.09. The molecule has 0 aliphatic heterocycles. The van der Waals surface area contributed by atoms with Gasteiger partial charge in [-0.15, -0.1) is 0 Å². The van der Waals surface area contributed by atoms with Crippen molar-refractivity contribution in [1.82, 2.24) is 0 Å². The van der Waals surface area contributed by atoms with Gasteiger partial charge >= 0.3 is 5.97 Å². The van der Waals surface area contributed by atoms with Crippen LogP contribution in [0.2, 0.25) is 0 Å². The second-order valence-corrected chi connectivity index (χ2v) is 4.38. The molecule has 0 saturated heterocycles. The number of hydrogen-bond donors (Lipinski definition) is 0. The Balaban J connectivity index is 2.97. The Morgan fingerprint density at radius 3 is 2.22 bits per heavy atom. The molecule has 3 nitrogen and oxygen atoms in total. The van der Waals surface area contributed by atoms with Gasteiger partial charge in [0.15, 0.2) is 0 Å². The summed E-state index contributed by atoms with van der Waals surface area (Å²) in [6, 6.07) is 6.88. The van der Waals surface area contributed by atoms with Crippen LogP contribution in [0.4, 0.5) is 4.39 Å². The number of halogens is 1. The lowest BCUT2D eigenvalue weighted by atomic mass is 9.91. The van der Waals surface area contributed by atoms with Crippen LogP contribution in [-0.4, -0.2) is 20.2 Å². The monoisotopic (exact) mass is 252 g/mol. The first kappa shape index (κ1) is 14.2. The van der Waals surface area contributed by atoms with E-state index in [-0.39, 0.29) is 0 Å². The summed E-state index contributed by atoms with van der Waals surface area (Å²) in [5.41, 5.74) is -0.625. The van der Waals surface area contributed by atoms with Gasteiger partial charge < -0.3 is 9.47 Å². The molecule has 0 N–H and O–H groups in total. The first-order valence-corrected chi connectivity index (χ1v) is 5.52. The molecule has 0 aromatic heterocycles. The molecular weight excluding hydrogens is 235 g/mol. The summed E-state index contributed by atoms with van der Waals surface area (Å²) in [6.07, 6.45) is 1.32. The summed E-state index contributed by atoms with van der Waals surface area (Å²) in [6.45, 7) is 2.96. The summed E-state index contributed by atoms with van der Waals surface area (Å²) in [4.78, 5) is 11.4. The van der Waals surface area contributed by atoms with Crippen LogP contribution in [0.15, 0.2) is 30.1 Å². The van der Waals surface area contributed by atoms with Crippen LogP contribution in [0.3, 0.4) is 0 Å². The Morgan fingerprint density at radius 1 is 1.22 bits per heavy atom. The van der Waals surface area contributed by atoms with Gasteiger partial charge in [0.2, 0.25) is 0 Å². The predicted octanol–water partition coefficient (Wildman–Crippen LogP) is 3.20. The fraction of sp³-hybridized carbons (Fsp3) is 0.357. The minimum atomic E-state index is -1.28. The van der Waals surface area contributed by atoms with Gasteiger partial charge in [-0.1, -0.05) is 12.1 Å². The number of benzene rings is 1. The minimum absolute atomic E-state index is 0.542. The zero-order chi connectivity index (χ0) is 13.8. The first-order valence-electron chi connectivity index (χ1n) is 5.52. The lowest BCUT2D eigenvalue weighted by molar-refractivity contribution is -0.149. The van der Waals surface area contributed by atoms with E-state index in [4.69, 9.17) is 4.74 Å². The Hall–Kier alpha value is -1.84. The molecule has 0 atom stereocenters. The quantitative estimate of drug-likeness (QED) is 0.772. The van der Waals surface area contributed by atoms with Crippen LogP contribution in [0.25, 0.3) is 6.08 Å². The van der Waals surface area contributed by atoms with E-state index in [0.29, 0.717) is 11.3 Å². The molecule has 0 bridgehead atoms. The number of esters is 1. The van der Waals surface area contributed by atoms with Gasteiger partial charge in [0.25, 0.3) is 0 Å². The van der Waals surface area contributed by atoms with Gasteiger partial charge in [-0.2, -0.15) is 0 Å². The van der Waals surface area contributed by atoms with Crippen LogP contribution >= 0.6 is 0 Å². The van der Waals surface area contributed by atoms with E-state index in [2.05, 4.69) is 4.74 Å². The molecule has 1 rings (SSSR count). The summed E-state index contributed by atoms with van der Waals surface area (Å²) in [7, 11) is 2.80. The molecule has 1 aromatic rings. The zero-order valence-corrected chi connectivity index (χ0v) is 11.0. The van der Waals surface area contributed by atoms with Gasteiger partial charge in [0, 0.05) is 0 Å². The van der Waals surface area contributed by atoms with Gasteiger partial charge in [-0.25, -0.2) is 4.39 Å². The smallest absolute Gasteiger partial charge is 0.318 e. The third-order valence-corrected chi connectivity index (χ3v) is 2.70. The predicted molar refractivity (Wildman–Crippen MR) is 67.9 cm³/mol. The van der Waals surface area contributed by atoms with Crippen molar-refractivity contribution in [3.05, 3.63) is 35.7 Å². The Labute approximate surface area is 106 Å². The van der Waals surface area contributed by atoms with E-state index in [9.17, 15) is 9.18 Å². The number of methoxy groups -OCH3 is 2. The van der Waals surface area contributed by atoms with Crippen LogP contribution in [0, 0.1) is 5.41 Å². The van der Waals surface area contributed by atoms with E-state index in [1.54, 1.807) is 31.4 Å². The maximum atomic E-state index is 14.0. The van der Waals surface area contributed by atoms with Gasteiger partial charge in [0.05, 0.1) is 14.2 Å². The molecule has 0 saturated carbocycles. The highest BCUT2D eigenvalue weighted by molar-refractivity contribution is 5.80. The first-order chi connectivity index (χ1) is 8.41. The van der Waals surface area contributed by atoms with Crippen LogP contribution in [0.5, 0.6) is 5.75 Å². The molecule has 0 fully saturated rings. The second-order valence-electron chi connectivity index (χ2n) is 4.38. The Bertz CT molecular complexity index is 447. The highest BCUT2D eigenvalue weighted by atomic mass is 19.1. The third-order valence-electron chi connectivity index (χ3n) is 2.70. The topological polar surface area (TPSA) is 35.5 Å². The molecule has 0 spiro atoms. The largest absolute Gasteiger partial charge is 0.497 e. The Morgan fingerprint density at radius 2 is 1.78 bits per heavy atom. The summed E-state index contributed by atoms with van der Waals surface area (Å²) in [5, 5.41) is 0. The average molecular weight is 252 g/mol. The lowest BCUT2D eigenvalue weighted by Gasteiger charge is -2.19. The highest BCUT2D eigenvalue weighted by Gasteiger charge is 2.33. The normalized spacial score (nSPS) is 12.2. The molecule has 0 amide bonds. The van der Waals surface area contributed by atoms with E-state index >= 15 is 0 Å². The molecule has 0 radical (unpaired) electrons. The Kier molecular flexibility index (Phi) is 4.48. The number of carbonyl (C=O) groups excluding carboxylic acids is 1. The molecule has 0 aliphatic carbocycles. The molecule has 0 unspecified atom stereocenters. The summed E-state index contributed by atoms with van der Waals surface area (Å²) in [5.74, 6) is -0.455. The van der Waals surface area contributed by atoms with E-state index in [0.717, 1.165) is 0 Å². The van der Waals surface area contributed by atoms with Crippen LogP contribution in [-0.2, 0) is 9.53 Å². The standard InChI is InChI=1S/C14H17FO3/c1-14(2,13(16)18-4)12(15)9-10-5-7-11(17-3)8-6-10/h5-9H,1-4H3/b12-9-. The number of rotatable bonds is 4. The molecule has 0 heterocycles. The maximum Gasteiger partial charge on any atom is 0.318 e.